The molecule has 0 aromatic carbocycles. The summed E-state index contributed by atoms with van der Waals surface area (Å²) < 4.78 is 27.9. The minimum Gasteiger partial charge on any atom is -0.508 e. The fourth-order valence-electron chi connectivity index (χ4n) is 2.78. The molecular formula is C21H27F2N3O. The molecule has 0 fully saturated rings. The van der Waals surface area contributed by atoms with E-state index in [0.29, 0.717) is 17.0 Å². The molecule has 2 heterocycles. The highest BCUT2D eigenvalue weighted by atomic mass is 19.3. The minimum absolute atomic E-state index is 0.0330. The van der Waals surface area contributed by atoms with Crippen LogP contribution >= 0.6 is 0 Å². The molecule has 146 valence electrons. The Hall–Kier alpha value is -2.50. The van der Waals surface area contributed by atoms with Crippen LogP contribution in [0.2, 0.25) is 0 Å². The van der Waals surface area contributed by atoms with Gasteiger partial charge in [0.2, 0.25) is 5.92 Å². The molecule has 27 heavy (non-hydrogen) atoms. The predicted molar refractivity (Wildman–Crippen MR) is 105 cm³/mol. The molecule has 2 rings (SSSR count). The molecule has 1 unspecified atom stereocenters. The number of hydrogen-bond donors (Lipinski definition) is 1. The fourth-order valence-corrected chi connectivity index (χ4v) is 2.78. The number of hydrogen-bond acceptors (Lipinski definition) is 3. The molecule has 4 nitrogen and oxygen atoms in total. The average Bonchev–Trinajstić information content (AvgIpc) is 3.01. The Morgan fingerprint density at radius 3 is 2.70 bits per heavy atom. The van der Waals surface area contributed by atoms with Crippen molar-refractivity contribution in [3.63, 3.8) is 0 Å². The van der Waals surface area contributed by atoms with E-state index < -0.39 is 5.92 Å². The summed E-state index contributed by atoms with van der Waals surface area (Å²) in [6.45, 7) is 10.4. The molecule has 0 radical (unpaired) electrons. The van der Waals surface area contributed by atoms with Gasteiger partial charge in [-0.25, -0.2) is 8.78 Å². The van der Waals surface area contributed by atoms with Gasteiger partial charge >= 0.3 is 0 Å². The molecule has 6 heteroatoms. The lowest BCUT2D eigenvalue weighted by atomic mass is 10.0. The smallest absolute Gasteiger partial charge is 0.245 e. The maximum atomic E-state index is 13.1. The number of pyridine rings is 1. The van der Waals surface area contributed by atoms with Crippen molar-refractivity contribution in [2.45, 2.75) is 58.9 Å². The van der Waals surface area contributed by atoms with Gasteiger partial charge in [-0.2, -0.15) is 5.10 Å². The van der Waals surface area contributed by atoms with Gasteiger partial charge in [0.15, 0.2) is 0 Å². The Labute approximate surface area is 159 Å². The maximum Gasteiger partial charge on any atom is 0.245 e. The Balaban J connectivity index is 2.27. The van der Waals surface area contributed by atoms with Crippen molar-refractivity contribution in [3.05, 3.63) is 59.2 Å². The van der Waals surface area contributed by atoms with E-state index in [1.54, 1.807) is 17.1 Å². The Kier molecular flexibility index (Phi) is 6.52. The summed E-state index contributed by atoms with van der Waals surface area (Å²) in [7, 11) is 0. The normalized spacial score (nSPS) is 13.3. The van der Waals surface area contributed by atoms with E-state index in [9.17, 15) is 13.9 Å². The van der Waals surface area contributed by atoms with Gasteiger partial charge in [-0.15, -0.1) is 0 Å². The molecule has 0 saturated heterocycles. The van der Waals surface area contributed by atoms with E-state index in [4.69, 9.17) is 0 Å². The zero-order valence-corrected chi connectivity index (χ0v) is 16.3. The molecule has 0 aliphatic rings. The summed E-state index contributed by atoms with van der Waals surface area (Å²) in [5.74, 6) is -2.73. The van der Waals surface area contributed by atoms with Crippen molar-refractivity contribution in [2.75, 3.05) is 0 Å². The minimum atomic E-state index is -2.69. The van der Waals surface area contributed by atoms with Gasteiger partial charge in [-0.05, 0) is 50.8 Å². The third-order valence-corrected chi connectivity index (χ3v) is 4.47. The second-order valence-electron chi connectivity index (χ2n) is 6.94. The third-order valence-electron chi connectivity index (χ3n) is 4.47. The number of aromatic nitrogens is 3. The highest BCUT2D eigenvalue weighted by Crippen LogP contribution is 2.25. The lowest BCUT2D eigenvalue weighted by Crippen LogP contribution is -2.13. The molecule has 0 amide bonds. The van der Waals surface area contributed by atoms with Gasteiger partial charge in [0.1, 0.15) is 5.76 Å². The first-order valence-corrected chi connectivity index (χ1v) is 9.09. The van der Waals surface area contributed by atoms with Crippen molar-refractivity contribution in [1.82, 2.24) is 14.8 Å². The standard InChI is InChI=1S/C21H27F2N3O/c1-6-7-8-20-18(16(4)27)13-26(25-20)15(3)17-11-14(2)19(24-12-17)9-10-21(5,22)23/h7-8,11-13,15,27H,4,6,9-10H2,1-3,5H3/b8-7-. The van der Waals surface area contributed by atoms with Crippen LogP contribution in [0.1, 0.15) is 67.7 Å². The average molecular weight is 375 g/mol. The van der Waals surface area contributed by atoms with Crippen molar-refractivity contribution in [3.8, 4) is 0 Å². The zero-order valence-electron chi connectivity index (χ0n) is 16.3. The Morgan fingerprint density at radius 1 is 1.44 bits per heavy atom. The van der Waals surface area contributed by atoms with Crippen molar-refractivity contribution in [1.29, 1.82) is 0 Å². The second-order valence-corrected chi connectivity index (χ2v) is 6.94. The summed E-state index contributed by atoms with van der Waals surface area (Å²) in [5.41, 5.74) is 3.72. The highest BCUT2D eigenvalue weighted by molar-refractivity contribution is 5.66. The topological polar surface area (TPSA) is 50.9 Å². The number of aryl methyl sites for hydroxylation is 2. The molecule has 0 saturated carbocycles. The van der Waals surface area contributed by atoms with Crippen LogP contribution in [0.4, 0.5) is 8.78 Å². The van der Waals surface area contributed by atoms with E-state index in [1.807, 2.05) is 39.0 Å². The predicted octanol–water partition coefficient (Wildman–Crippen LogP) is 5.74. The molecule has 0 aliphatic heterocycles. The van der Waals surface area contributed by atoms with E-state index >= 15 is 0 Å². The molecule has 2 aromatic heterocycles. The van der Waals surface area contributed by atoms with Gasteiger partial charge in [-0.1, -0.05) is 25.6 Å². The van der Waals surface area contributed by atoms with E-state index in [1.165, 1.54) is 0 Å². The largest absolute Gasteiger partial charge is 0.508 e. The number of rotatable bonds is 8. The number of halogens is 2. The monoisotopic (exact) mass is 375 g/mol. The maximum absolute atomic E-state index is 13.1. The van der Waals surface area contributed by atoms with E-state index in [0.717, 1.165) is 24.5 Å². The number of allylic oxidation sites excluding steroid dienone is 1. The van der Waals surface area contributed by atoms with Crippen LogP contribution in [0.3, 0.4) is 0 Å². The van der Waals surface area contributed by atoms with Crippen molar-refractivity contribution < 1.29 is 13.9 Å². The molecule has 0 bridgehead atoms. The molecule has 2 aromatic rings. The summed E-state index contributed by atoms with van der Waals surface area (Å²) in [6.07, 6.45) is 8.17. The van der Waals surface area contributed by atoms with E-state index in [-0.39, 0.29) is 24.6 Å². The molecule has 1 N–H and O–H groups in total. The summed E-state index contributed by atoms with van der Waals surface area (Å²) >= 11 is 0. The molecular weight excluding hydrogens is 348 g/mol. The van der Waals surface area contributed by atoms with Gasteiger partial charge < -0.3 is 5.11 Å². The van der Waals surface area contributed by atoms with Crippen LogP contribution in [0.15, 0.2) is 31.1 Å². The van der Waals surface area contributed by atoms with Crippen LogP contribution in [0, 0.1) is 6.92 Å². The third kappa shape index (κ3) is 5.49. The van der Waals surface area contributed by atoms with Crippen LogP contribution in [0.5, 0.6) is 0 Å². The van der Waals surface area contributed by atoms with Crippen LogP contribution < -0.4 is 0 Å². The first-order valence-electron chi connectivity index (χ1n) is 9.09. The van der Waals surface area contributed by atoms with Crippen LogP contribution in [-0.2, 0) is 6.42 Å². The number of alkyl halides is 2. The molecule has 0 spiro atoms. The second kappa shape index (κ2) is 8.46. The summed E-state index contributed by atoms with van der Waals surface area (Å²) in [6, 6.07) is 1.83. The van der Waals surface area contributed by atoms with Gasteiger partial charge in [-0.3, -0.25) is 9.67 Å². The Morgan fingerprint density at radius 2 is 2.15 bits per heavy atom. The van der Waals surface area contributed by atoms with Gasteiger partial charge in [0.25, 0.3) is 0 Å². The quantitative estimate of drug-likeness (QED) is 0.599. The lowest BCUT2D eigenvalue weighted by molar-refractivity contribution is 0.0130. The lowest BCUT2D eigenvalue weighted by Gasteiger charge is -2.15. The molecule has 0 aliphatic carbocycles. The highest BCUT2D eigenvalue weighted by Gasteiger charge is 2.22. The number of nitrogens with zero attached hydrogens (tertiary/aromatic N) is 3. The SMILES string of the molecule is C=C(O)c1cn(C(C)c2cnc(CCC(C)(F)F)c(C)c2)nc1/C=C\CC. The first kappa shape index (κ1) is 20.8. The van der Waals surface area contributed by atoms with Crippen molar-refractivity contribution in [2.24, 2.45) is 0 Å². The first-order chi connectivity index (χ1) is 12.6. The number of aliphatic hydroxyl groups excluding tert-OH is 1. The van der Waals surface area contributed by atoms with Gasteiger partial charge in [0.05, 0.1) is 17.3 Å². The van der Waals surface area contributed by atoms with Crippen LogP contribution in [-0.4, -0.2) is 25.8 Å². The number of aliphatic hydroxyl groups is 1. The zero-order chi connectivity index (χ0) is 20.2. The van der Waals surface area contributed by atoms with Gasteiger partial charge in [0, 0.05) is 24.5 Å². The van der Waals surface area contributed by atoms with E-state index in [2.05, 4.69) is 16.7 Å². The molecule has 1 atom stereocenters. The van der Waals surface area contributed by atoms with Crippen LogP contribution in [0.25, 0.3) is 11.8 Å². The summed E-state index contributed by atoms with van der Waals surface area (Å²) in [4.78, 5) is 4.39. The fraction of sp³-hybridized carbons (Fsp3) is 0.429. The van der Waals surface area contributed by atoms with Crippen molar-refractivity contribution >= 4 is 11.8 Å². The Bertz CT molecular complexity index is 834. The summed E-state index contributed by atoms with van der Waals surface area (Å²) in [5, 5.41) is 14.4.